The van der Waals surface area contributed by atoms with Gasteiger partial charge in [-0.05, 0) is 109 Å². The smallest absolute Gasteiger partial charge is 0.233 e. The second-order valence-corrected chi connectivity index (χ2v) is 15.7. The van der Waals surface area contributed by atoms with Crippen molar-refractivity contribution in [3.63, 3.8) is 0 Å². The molecule has 9 nitrogen and oxygen atoms in total. The van der Waals surface area contributed by atoms with E-state index in [1.807, 2.05) is 0 Å². The number of fused-ring (bicyclic) bond motifs is 2. The normalized spacial score (nSPS) is 44.3. The Hall–Kier alpha value is -1.84. The summed E-state index contributed by atoms with van der Waals surface area (Å²) < 4.78 is 19.6. The lowest BCUT2D eigenvalue weighted by Crippen LogP contribution is -2.43. The maximum absolute atomic E-state index is 13.4. The van der Waals surface area contributed by atoms with Gasteiger partial charge in [-0.15, -0.1) is 0 Å². The molecule has 250 valence electrons. The molecule has 7 rings (SSSR count). The highest BCUT2D eigenvalue weighted by atomic mass is 16.5. The van der Waals surface area contributed by atoms with Crippen molar-refractivity contribution in [1.29, 1.82) is 0 Å². The Bertz CT molecular complexity index is 1130. The van der Waals surface area contributed by atoms with E-state index in [-0.39, 0.29) is 90.0 Å². The molecule has 2 heterocycles. The highest BCUT2D eigenvalue weighted by molar-refractivity contribution is 6.06. The van der Waals surface area contributed by atoms with E-state index in [9.17, 15) is 19.2 Å². The maximum atomic E-state index is 13.4. The third-order valence-electron chi connectivity index (χ3n) is 12.7. The fourth-order valence-corrected chi connectivity index (χ4v) is 10.1. The molecule has 8 unspecified atom stereocenters. The van der Waals surface area contributed by atoms with Crippen molar-refractivity contribution in [1.82, 2.24) is 9.80 Å². The van der Waals surface area contributed by atoms with E-state index in [1.54, 1.807) is 11.9 Å². The standard InChI is InChI=1S/C36H54N2O7/c1-21-4-3-5-22(18-21)38-35(41)30-17-15-28(20-32(30)36(38)42)45-26-12-8-24(9-13-26)43-23-6-10-25(11-7-23)44-27-14-16-29-31(19-27)34(40)37(2)33(29)39/h21-32H,3-20H2,1-2H3. The fraction of sp³-hybridized carbons (Fsp3) is 0.889. The molecule has 9 heteroatoms. The highest BCUT2D eigenvalue weighted by Gasteiger charge is 2.53. The molecule has 0 N–H and O–H groups in total. The summed E-state index contributed by atoms with van der Waals surface area (Å²) in [4.78, 5) is 54.4. The van der Waals surface area contributed by atoms with Crippen LogP contribution in [0.3, 0.4) is 0 Å². The van der Waals surface area contributed by atoms with Gasteiger partial charge in [0, 0.05) is 13.1 Å². The molecule has 4 amide bonds. The van der Waals surface area contributed by atoms with Crippen molar-refractivity contribution >= 4 is 23.6 Å². The van der Waals surface area contributed by atoms with Gasteiger partial charge in [0.05, 0.1) is 60.3 Å². The molecule has 45 heavy (non-hydrogen) atoms. The van der Waals surface area contributed by atoms with Crippen LogP contribution in [0.5, 0.6) is 0 Å². The Morgan fingerprint density at radius 3 is 1.38 bits per heavy atom. The fourth-order valence-electron chi connectivity index (χ4n) is 10.1. The average Bonchev–Trinajstić information content (AvgIpc) is 3.42. The number of nitrogens with zero attached hydrogens (tertiary/aromatic N) is 2. The first kappa shape index (κ1) is 31.7. The van der Waals surface area contributed by atoms with Crippen LogP contribution in [0.15, 0.2) is 0 Å². The number of carbonyl (C=O) groups is 4. The first-order valence-corrected chi connectivity index (χ1v) is 18.4. The van der Waals surface area contributed by atoms with Crippen molar-refractivity contribution in [2.75, 3.05) is 7.05 Å². The molecule has 7 aliphatic rings. The van der Waals surface area contributed by atoms with Gasteiger partial charge in [-0.25, -0.2) is 0 Å². The zero-order valence-corrected chi connectivity index (χ0v) is 27.4. The first-order chi connectivity index (χ1) is 21.7. The SMILES string of the molecule is CC1CCCC(N2C(=O)C3CCC(OC4CCC(OC5CCC(OC6CCC7C(=O)N(C)C(=O)C7C6)CC5)CC4)CC3C2=O)C1. The summed E-state index contributed by atoms with van der Waals surface area (Å²) in [6, 6.07) is 0.107. The monoisotopic (exact) mass is 626 g/mol. The Labute approximate surface area is 268 Å². The molecule has 5 aliphatic carbocycles. The quantitative estimate of drug-likeness (QED) is 0.359. The molecule has 2 aliphatic heterocycles. The lowest BCUT2D eigenvalue weighted by Gasteiger charge is -2.38. The number of amides is 4. The lowest BCUT2D eigenvalue weighted by molar-refractivity contribution is -0.144. The van der Waals surface area contributed by atoms with Crippen molar-refractivity contribution < 1.29 is 33.4 Å². The molecule has 0 aromatic carbocycles. The van der Waals surface area contributed by atoms with Gasteiger partial charge in [-0.2, -0.15) is 0 Å². The van der Waals surface area contributed by atoms with Crippen LogP contribution in [-0.4, -0.2) is 83.1 Å². The van der Waals surface area contributed by atoms with E-state index in [2.05, 4.69) is 6.92 Å². The number of hydrogen-bond acceptors (Lipinski definition) is 7. The Balaban J connectivity index is 0.804. The maximum Gasteiger partial charge on any atom is 0.233 e. The van der Waals surface area contributed by atoms with Gasteiger partial charge in [0.25, 0.3) is 0 Å². The number of hydrogen-bond donors (Lipinski definition) is 0. The topological polar surface area (TPSA) is 102 Å². The number of likely N-dealkylation sites (tertiary alicyclic amines) is 2. The minimum atomic E-state index is -0.190. The van der Waals surface area contributed by atoms with Crippen molar-refractivity contribution in [2.45, 2.75) is 165 Å². The summed E-state index contributed by atoms with van der Waals surface area (Å²) in [7, 11) is 1.61. The summed E-state index contributed by atoms with van der Waals surface area (Å²) in [5.41, 5.74) is 0. The summed E-state index contributed by atoms with van der Waals surface area (Å²) in [6.07, 6.45) is 18.1. The van der Waals surface area contributed by atoms with E-state index in [0.29, 0.717) is 18.8 Å². The number of rotatable bonds is 7. The van der Waals surface area contributed by atoms with Crippen LogP contribution in [0.2, 0.25) is 0 Å². The summed E-state index contributed by atoms with van der Waals surface area (Å²) in [5.74, 6) is 0.0905. The van der Waals surface area contributed by atoms with E-state index < -0.39 is 0 Å². The Morgan fingerprint density at radius 2 is 0.867 bits per heavy atom. The second-order valence-electron chi connectivity index (χ2n) is 15.7. The van der Waals surface area contributed by atoms with Crippen LogP contribution in [0.1, 0.15) is 122 Å². The minimum absolute atomic E-state index is 0.0112. The van der Waals surface area contributed by atoms with Crippen molar-refractivity contribution in [3.05, 3.63) is 0 Å². The molecule has 7 fully saturated rings. The van der Waals surface area contributed by atoms with Gasteiger partial charge in [-0.1, -0.05) is 19.8 Å². The summed E-state index contributed by atoms with van der Waals surface area (Å²) in [5, 5.41) is 0. The third kappa shape index (κ3) is 6.52. The largest absolute Gasteiger partial charge is 0.375 e. The minimum Gasteiger partial charge on any atom is -0.375 e. The van der Waals surface area contributed by atoms with Crippen molar-refractivity contribution in [2.24, 2.45) is 29.6 Å². The molecule has 0 radical (unpaired) electrons. The third-order valence-corrected chi connectivity index (χ3v) is 12.7. The molecule has 2 saturated heterocycles. The Morgan fingerprint density at radius 1 is 0.467 bits per heavy atom. The first-order valence-electron chi connectivity index (χ1n) is 18.4. The second kappa shape index (κ2) is 13.3. The predicted molar refractivity (Wildman–Crippen MR) is 166 cm³/mol. The molecule has 0 spiro atoms. The molecule has 8 atom stereocenters. The highest BCUT2D eigenvalue weighted by Crippen LogP contribution is 2.44. The average molecular weight is 627 g/mol. The van der Waals surface area contributed by atoms with Gasteiger partial charge < -0.3 is 14.2 Å². The number of imide groups is 2. The van der Waals surface area contributed by atoms with E-state index >= 15 is 0 Å². The van der Waals surface area contributed by atoms with Gasteiger partial charge in [-0.3, -0.25) is 29.0 Å². The van der Waals surface area contributed by atoms with Gasteiger partial charge in [0.2, 0.25) is 23.6 Å². The van der Waals surface area contributed by atoms with Crippen LogP contribution in [0, 0.1) is 29.6 Å². The van der Waals surface area contributed by atoms with E-state index in [1.165, 1.54) is 11.3 Å². The van der Waals surface area contributed by atoms with E-state index in [4.69, 9.17) is 14.2 Å². The molecule has 5 saturated carbocycles. The van der Waals surface area contributed by atoms with Gasteiger partial charge >= 0.3 is 0 Å². The van der Waals surface area contributed by atoms with Crippen LogP contribution in [0.4, 0.5) is 0 Å². The zero-order valence-electron chi connectivity index (χ0n) is 27.4. The zero-order chi connectivity index (χ0) is 31.2. The summed E-state index contributed by atoms with van der Waals surface area (Å²) >= 11 is 0. The summed E-state index contributed by atoms with van der Waals surface area (Å²) in [6.45, 7) is 2.24. The predicted octanol–water partition coefficient (Wildman–Crippen LogP) is 5.17. The Kier molecular flexibility index (Phi) is 9.41. The van der Waals surface area contributed by atoms with Crippen molar-refractivity contribution in [3.8, 4) is 0 Å². The van der Waals surface area contributed by atoms with E-state index in [0.717, 1.165) is 96.3 Å². The van der Waals surface area contributed by atoms with Crippen LogP contribution >= 0.6 is 0 Å². The molecule has 0 bridgehead atoms. The van der Waals surface area contributed by atoms with Crippen LogP contribution < -0.4 is 0 Å². The molecule has 0 aromatic rings. The number of carbonyl (C=O) groups excluding carboxylic acids is 4. The van der Waals surface area contributed by atoms with Gasteiger partial charge in [0.1, 0.15) is 0 Å². The molecular weight excluding hydrogens is 572 g/mol. The lowest BCUT2D eigenvalue weighted by atomic mass is 9.79. The van der Waals surface area contributed by atoms with Crippen LogP contribution in [-0.2, 0) is 33.4 Å². The molecular formula is C36H54N2O7. The molecule has 0 aromatic heterocycles. The van der Waals surface area contributed by atoms with Crippen LogP contribution in [0.25, 0.3) is 0 Å². The van der Waals surface area contributed by atoms with Gasteiger partial charge in [0.15, 0.2) is 0 Å². The number of ether oxygens (including phenoxy) is 3.